The number of rotatable bonds is 5. The third-order valence-electron chi connectivity index (χ3n) is 3.18. The smallest absolute Gasteiger partial charge is 0.0724 e. The molecule has 2 rings (SSSR count). The van der Waals surface area contributed by atoms with E-state index >= 15 is 0 Å². The molecule has 0 aliphatic carbocycles. The average Bonchev–Trinajstić information content (AvgIpc) is 2.42. The summed E-state index contributed by atoms with van der Waals surface area (Å²) in [6.07, 6.45) is 1.99. The predicted octanol–water partition coefficient (Wildman–Crippen LogP) is 7.25. The zero-order valence-electron chi connectivity index (χ0n) is 11.5. The van der Waals surface area contributed by atoms with E-state index in [1.165, 1.54) is 0 Å². The van der Waals surface area contributed by atoms with E-state index in [9.17, 15) is 0 Å². The van der Waals surface area contributed by atoms with Gasteiger partial charge < -0.3 is 5.32 Å². The van der Waals surface area contributed by atoms with Crippen molar-refractivity contribution in [2.24, 2.45) is 0 Å². The zero-order valence-corrected chi connectivity index (χ0v) is 14.5. The van der Waals surface area contributed by atoms with Crippen LogP contribution in [-0.2, 0) is 0 Å². The lowest BCUT2D eigenvalue weighted by Gasteiger charge is -2.22. The Morgan fingerprint density at radius 1 is 0.905 bits per heavy atom. The van der Waals surface area contributed by atoms with Crippen LogP contribution >= 0.6 is 46.4 Å². The summed E-state index contributed by atoms with van der Waals surface area (Å²) in [4.78, 5) is 0. The maximum atomic E-state index is 6.24. The van der Waals surface area contributed by atoms with Crippen LogP contribution in [0.3, 0.4) is 0 Å². The number of hydrogen-bond donors (Lipinski definition) is 1. The summed E-state index contributed by atoms with van der Waals surface area (Å²) in [5, 5.41) is 5.69. The van der Waals surface area contributed by atoms with Crippen LogP contribution in [0.2, 0.25) is 20.1 Å². The van der Waals surface area contributed by atoms with E-state index in [1.54, 1.807) is 12.1 Å². The monoisotopic (exact) mass is 361 g/mol. The van der Waals surface area contributed by atoms with Crippen LogP contribution in [0, 0.1) is 0 Å². The van der Waals surface area contributed by atoms with Crippen LogP contribution in [-0.4, -0.2) is 0 Å². The number of benzene rings is 2. The third-order valence-corrected chi connectivity index (χ3v) is 4.24. The molecule has 0 spiro atoms. The number of halogens is 4. The summed E-state index contributed by atoms with van der Waals surface area (Å²) in [7, 11) is 0. The van der Waals surface area contributed by atoms with Gasteiger partial charge in [-0.15, -0.1) is 0 Å². The molecule has 2 aromatic rings. The molecular weight excluding hydrogens is 348 g/mol. The molecule has 5 heteroatoms. The van der Waals surface area contributed by atoms with Crippen molar-refractivity contribution in [2.75, 3.05) is 5.32 Å². The van der Waals surface area contributed by atoms with Crippen LogP contribution < -0.4 is 5.32 Å². The molecule has 0 aliphatic heterocycles. The predicted molar refractivity (Wildman–Crippen MR) is 94.2 cm³/mol. The topological polar surface area (TPSA) is 12.0 Å². The number of nitrogens with one attached hydrogen (secondary N) is 1. The molecule has 112 valence electrons. The normalized spacial score (nSPS) is 12.2. The first-order chi connectivity index (χ1) is 10.0. The van der Waals surface area contributed by atoms with E-state index in [0.717, 1.165) is 23.4 Å². The molecule has 0 aliphatic rings. The van der Waals surface area contributed by atoms with Gasteiger partial charge in [0.25, 0.3) is 0 Å². The van der Waals surface area contributed by atoms with E-state index in [0.29, 0.717) is 20.8 Å². The fourth-order valence-electron chi connectivity index (χ4n) is 2.16. The molecule has 0 saturated heterocycles. The van der Waals surface area contributed by atoms with Crippen LogP contribution in [0.1, 0.15) is 31.4 Å². The van der Waals surface area contributed by atoms with Gasteiger partial charge in [0, 0.05) is 10.0 Å². The lowest BCUT2D eigenvalue weighted by atomic mass is 10.0. The Labute approximate surface area is 145 Å². The largest absolute Gasteiger partial charge is 0.376 e. The van der Waals surface area contributed by atoms with Crippen LogP contribution in [0.15, 0.2) is 36.4 Å². The van der Waals surface area contributed by atoms with Crippen LogP contribution in [0.4, 0.5) is 5.69 Å². The second kappa shape index (κ2) is 7.60. The molecule has 0 heterocycles. The summed E-state index contributed by atoms with van der Waals surface area (Å²) in [6.45, 7) is 2.13. The molecular formula is C16H15Cl4N. The van der Waals surface area contributed by atoms with Crippen molar-refractivity contribution in [1.82, 2.24) is 0 Å². The highest BCUT2D eigenvalue weighted by Crippen LogP contribution is 2.37. The molecule has 0 amide bonds. The van der Waals surface area contributed by atoms with Gasteiger partial charge in [-0.05, 0) is 36.2 Å². The Hall–Kier alpha value is -0.600. The minimum atomic E-state index is 0.114. The fraction of sp³-hybridized carbons (Fsp3) is 0.250. The minimum Gasteiger partial charge on any atom is -0.376 e. The lowest BCUT2D eigenvalue weighted by Crippen LogP contribution is -2.11. The minimum absolute atomic E-state index is 0.114. The Bertz CT molecular complexity index is 587. The van der Waals surface area contributed by atoms with Crippen molar-refractivity contribution in [3.05, 3.63) is 62.1 Å². The molecule has 1 atom stereocenters. The van der Waals surface area contributed by atoms with Crippen molar-refractivity contribution < 1.29 is 0 Å². The molecule has 21 heavy (non-hydrogen) atoms. The molecule has 0 saturated carbocycles. The van der Waals surface area contributed by atoms with E-state index in [4.69, 9.17) is 46.4 Å². The first-order valence-electron chi connectivity index (χ1n) is 6.67. The van der Waals surface area contributed by atoms with Gasteiger partial charge in [0.05, 0.1) is 21.8 Å². The molecule has 2 aromatic carbocycles. The number of anilines is 1. The van der Waals surface area contributed by atoms with Crippen LogP contribution in [0.5, 0.6) is 0 Å². The maximum Gasteiger partial charge on any atom is 0.0724 e. The molecule has 1 nitrogen and oxygen atoms in total. The summed E-state index contributed by atoms with van der Waals surface area (Å²) < 4.78 is 0. The van der Waals surface area contributed by atoms with Gasteiger partial charge in [-0.2, -0.15) is 0 Å². The van der Waals surface area contributed by atoms with Gasteiger partial charge >= 0.3 is 0 Å². The van der Waals surface area contributed by atoms with Gasteiger partial charge in [-0.3, -0.25) is 0 Å². The van der Waals surface area contributed by atoms with E-state index in [2.05, 4.69) is 12.2 Å². The molecule has 0 bridgehead atoms. The Morgan fingerprint density at radius 3 is 2.00 bits per heavy atom. The van der Waals surface area contributed by atoms with Gasteiger partial charge in [-0.25, -0.2) is 0 Å². The highest BCUT2D eigenvalue weighted by molar-refractivity contribution is 6.41. The fourth-order valence-corrected chi connectivity index (χ4v) is 3.21. The lowest BCUT2D eigenvalue weighted by molar-refractivity contribution is 0.678. The van der Waals surface area contributed by atoms with Crippen molar-refractivity contribution in [2.45, 2.75) is 25.8 Å². The van der Waals surface area contributed by atoms with Gasteiger partial charge in [-0.1, -0.05) is 71.9 Å². The summed E-state index contributed by atoms with van der Waals surface area (Å²) in [6, 6.07) is 11.3. The summed E-state index contributed by atoms with van der Waals surface area (Å²) in [5.74, 6) is 0. The zero-order chi connectivity index (χ0) is 15.4. The second-order valence-corrected chi connectivity index (χ2v) is 6.47. The SMILES string of the molecule is CCCC(Nc1c(Cl)cc(Cl)cc1Cl)c1ccc(Cl)cc1. The third kappa shape index (κ3) is 4.43. The van der Waals surface area contributed by atoms with Gasteiger partial charge in [0.1, 0.15) is 0 Å². The molecule has 0 aromatic heterocycles. The molecule has 1 N–H and O–H groups in total. The maximum absolute atomic E-state index is 6.24. The average molecular weight is 363 g/mol. The highest BCUT2D eigenvalue weighted by Gasteiger charge is 2.15. The molecule has 0 radical (unpaired) electrons. The van der Waals surface area contributed by atoms with E-state index in [-0.39, 0.29) is 6.04 Å². The second-order valence-electron chi connectivity index (χ2n) is 4.78. The summed E-state index contributed by atoms with van der Waals surface area (Å²) in [5.41, 5.74) is 1.85. The summed E-state index contributed by atoms with van der Waals surface area (Å²) >= 11 is 24.4. The van der Waals surface area contributed by atoms with Gasteiger partial charge in [0.2, 0.25) is 0 Å². The first kappa shape index (κ1) is 16.8. The van der Waals surface area contributed by atoms with Crippen molar-refractivity contribution >= 4 is 52.1 Å². The Balaban J connectivity index is 2.30. The van der Waals surface area contributed by atoms with Crippen molar-refractivity contribution in [3.63, 3.8) is 0 Å². The number of hydrogen-bond acceptors (Lipinski definition) is 1. The molecule has 1 unspecified atom stereocenters. The molecule has 0 fully saturated rings. The Morgan fingerprint density at radius 2 is 1.48 bits per heavy atom. The van der Waals surface area contributed by atoms with Crippen molar-refractivity contribution in [1.29, 1.82) is 0 Å². The first-order valence-corrected chi connectivity index (χ1v) is 8.19. The van der Waals surface area contributed by atoms with Gasteiger partial charge in [0.15, 0.2) is 0 Å². The van der Waals surface area contributed by atoms with Crippen LogP contribution in [0.25, 0.3) is 0 Å². The highest BCUT2D eigenvalue weighted by atomic mass is 35.5. The van der Waals surface area contributed by atoms with Crippen molar-refractivity contribution in [3.8, 4) is 0 Å². The quantitative estimate of drug-likeness (QED) is 0.590. The standard InChI is InChI=1S/C16H15Cl4N/c1-2-3-15(10-4-6-11(17)7-5-10)21-16-13(19)8-12(18)9-14(16)20/h4-9,15,21H,2-3H2,1H3. The van der Waals surface area contributed by atoms with E-state index in [1.807, 2.05) is 24.3 Å². The van der Waals surface area contributed by atoms with E-state index < -0.39 is 0 Å². The Kier molecular flexibility index (Phi) is 6.07.